The van der Waals surface area contributed by atoms with Crippen LogP contribution in [0.15, 0.2) is 10.6 Å². The number of amides is 3. The number of carboxylic acids is 1. The van der Waals surface area contributed by atoms with Crippen LogP contribution in [-0.2, 0) is 19.2 Å². The molecule has 2 bridgehead atoms. The van der Waals surface area contributed by atoms with Gasteiger partial charge in [0.25, 0.3) is 0 Å². The third-order valence-electron chi connectivity index (χ3n) is 9.20. The first-order chi connectivity index (χ1) is 18.1. The molecule has 4 aliphatic heterocycles. The SMILES string of the molecule is CNCC(=O)N[C@H](C)[C@H]1C(=O)N2C(C(=O)O)=C(S[C@@H]3CNC(C(=O)N4C[C@H]5CCC[C@@H](C4)C5N)C3)[C@H](C)[C@@H]12. The number of likely N-dealkylation sites (tertiary alicyclic amines) is 1. The van der Waals surface area contributed by atoms with Gasteiger partial charge in [-0.05, 0) is 45.1 Å². The molecule has 4 fully saturated rings. The minimum absolute atomic E-state index is 0.0299. The molecule has 12 heteroatoms. The molecule has 6 N–H and O–H groups in total. The zero-order valence-corrected chi connectivity index (χ0v) is 23.1. The first-order valence-electron chi connectivity index (χ1n) is 13.8. The van der Waals surface area contributed by atoms with Crippen molar-refractivity contribution in [2.75, 3.05) is 33.2 Å². The summed E-state index contributed by atoms with van der Waals surface area (Å²) < 4.78 is 0. The predicted molar refractivity (Wildman–Crippen MR) is 143 cm³/mol. The summed E-state index contributed by atoms with van der Waals surface area (Å²) in [5.74, 6) is -1.36. The second-order valence-electron chi connectivity index (χ2n) is 11.6. The molecule has 1 saturated carbocycles. The van der Waals surface area contributed by atoms with Gasteiger partial charge in [-0.25, -0.2) is 4.79 Å². The summed E-state index contributed by atoms with van der Waals surface area (Å²) in [7, 11) is 1.68. The van der Waals surface area contributed by atoms with Gasteiger partial charge in [-0.3, -0.25) is 14.4 Å². The number of carboxylic acid groups (broad SMARTS) is 1. The summed E-state index contributed by atoms with van der Waals surface area (Å²) in [6, 6.07) is -0.806. The molecule has 3 saturated heterocycles. The Morgan fingerprint density at radius 3 is 2.55 bits per heavy atom. The van der Waals surface area contributed by atoms with Crippen molar-refractivity contribution in [2.45, 2.75) is 68.9 Å². The van der Waals surface area contributed by atoms with E-state index in [9.17, 15) is 24.3 Å². The predicted octanol–water partition coefficient (Wildman–Crippen LogP) is -0.467. The molecule has 210 valence electrons. The Kier molecular flexibility index (Phi) is 7.78. The van der Waals surface area contributed by atoms with Crippen molar-refractivity contribution in [3.05, 3.63) is 10.6 Å². The van der Waals surface area contributed by atoms with Crippen molar-refractivity contribution < 1.29 is 24.3 Å². The number of fused-ring (bicyclic) bond motifs is 3. The van der Waals surface area contributed by atoms with Gasteiger partial charge in [0.15, 0.2) is 0 Å². The van der Waals surface area contributed by atoms with Crippen molar-refractivity contribution in [1.82, 2.24) is 25.8 Å². The molecule has 9 atom stereocenters. The van der Waals surface area contributed by atoms with Crippen LogP contribution in [0.4, 0.5) is 0 Å². The summed E-state index contributed by atoms with van der Waals surface area (Å²) in [5.41, 5.74) is 6.46. The van der Waals surface area contributed by atoms with Gasteiger partial charge >= 0.3 is 5.97 Å². The molecule has 1 aliphatic carbocycles. The summed E-state index contributed by atoms with van der Waals surface area (Å²) in [6.45, 7) is 5.95. The van der Waals surface area contributed by atoms with Crippen molar-refractivity contribution >= 4 is 35.5 Å². The minimum atomic E-state index is -1.12. The number of nitrogens with one attached hydrogen (secondary N) is 3. The average Bonchev–Trinajstić information content (AvgIpc) is 3.40. The minimum Gasteiger partial charge on any atom is -0.477 e. The standard InChI is InChI=1S/C26H40N6O5S/c1-12-21-19(13(2)30-18(33)9-28-3)25(35)32(21)22(26(36)37)23(12)38-16-7-17(29-8-16)24(34)31-10-14-5-4-6-15(11-31)20(14)27/h12-17,19-21,28-29H,4-11,27H2,1-3H3,(H,30,33)(H,36,37)/t12-,13-,14-,15+,16+,17?,19-,20?,21+/m1/s1. The van der Waals surface area contributed by atoms with Gasteiger partial charge in [-0.15, -0.1) is 11.8 Å². The van der Waals surface area contributed by atoms with Crippen LogP contribution in [0.3, 0.4) is 0 Å². The quantitative estimate of drug-likeness (QED) is 0.253. The molecule has 5 rings (SSSR count). The lowest BCUT2D eigenvalue weighted by Gasteiger charge is -2.47. The Morgan fingerprint density at radius 1 is 1.24 bits per heavy atom. The van der Waals surface area contributed by atoms with Crippen molar-refractivity contribution in [3.8, 4) is 0 Å². The molecule has 2 unspecified atom stereocenters. The van der Waals surface area contributed by atoms with Crippen LogP contribution in [0.2, 0.25) is 0 Å². The molecule has 0 aromatic rings. The Balaban J connectivity index is 1.23. The molecule has 0 radical (unpaired) electrons. The number of nitrogens with zero attached hydrogens (tertiary/aromatic N) is 2. The fourth-order valence-electron chi connectivity index (χ4n) is 7.29. The fourth-order valence-corrected chi connectivity index (χ4v) is 8.77. The molecule has 4 heterocycles. The highest BCUT2D eigenvalue weighted by Crippen LogP contribution is 2.52. The second-order valence-corrected chi connectivity index (χ2v) is 13.0. The maximum absolute atomic E-state index is 13.4. The van der Waals surface area contributed by atoms with E-state index in [0.717, 1.165) is 25.9 Å². The van der Waals surface area contributed by atoms with Crippen LogP contribution in [0.5, 0.6) is 0 Å². The van der Waals surface area contributed by atoms with E-state index in [0.29, 0.717) is 29.7 Å². The highest BCUT2D eigenvalue weighted by Gasteiger charge is 2.60. The Labute approximate surface area is 227 Å². The summed E-state index contributed by atoms with van der Waals surface area (Å²) >= 11 is 1.48. The van der Waals surface area contributed by atoms with E-state index < -0.39 is 17.9 Å². The van der Waals surface area contributed by atoms with E-state index in [4.69, 9.17) is 5.73 Å². The van der Waals surface area contributed by atoms with Gasteiger partial charge in [-0.1, -0.05) is 13.3 Å². The lowest BCUT2D eigenvalue weighted by atomic mass is 9.74. The van der Waals surface area contributed by atoms with E-state index in [-0.39, 0.29) is 59.3 Å². The van der Waals surface area contributed by atoms with E-state index in [1.807, 2.05) is 11.8 Å². The molecule has 5 aliphatic rings. The Bertz CT molecular complexity index is 1020. The Hall–Kier alpha value is -2.15. The van der Waals surface area contributed by atoms with Crippen LogP contribution in [0, 0.1) is 23.7 Å². The van der Waals surface area contributed by atoms with E-state index in [1.54, 1.807) is 14.0 Å². The first-order valence-corrected chi connectivity index (χ1v) is 14.7. The number of hydrogen-bond donors (Lipinski definition) is 5. The number of carbonyl (C=O) groups excluding carboxylic acids is 3. The van der Waals surface area contributed by atoms with Crippen LogP contribution in [0.1, 0.15) is 39.5 Å². The number of likely N-dealkylation sites (N-methyl/N-ethyl adjacent to an activating group) is 1. The van der Waals surface area contributed by atoms with Gasteiger partial charge in [0.1, 0.15) is 5.70 Å². The van der Waals surface area contributed by atoms with E-state index in [2.05, 4.69) is 16.0 Å². The molecule has 0 spiro atoms. The molecule has 0 aromatic carbocycles. The summed E-state index contributed by atoms with van der Waals surface area (Å²) in [4.78, 5) is 54.9. The molecular weight excluding hydrogens is 508 g/mol. The largest absolute Gasteiger partial charge is 0.477 e. The number of carbonyl (C=O) groups is 4. The zero-order valence-electron chi connectivity index (χ0n) is 22.3. The van der Waals surface area contributed by atoms with Gasteiger partial charge in [-0.2, -0.15) is 0 Å². The smallest absolute Gasteiger partial charge is 0.353 e. The number of thioether (sulfide) groups is 1. The lowest BCUT2D eigenvalue weighted by molar-refractivity contribution is -0.158. The highest BCUT2D eigenvalue weighted by molar-refractivity contribution is 8.03. The summed E-state index contributed by atoms with van der Waals surface area (Å²) in [6.07, 6.45) is 3.96. The number of piperidine rings is 1. The first kappa shape index (κ1) is 27.4. The van der Waals surface area contributed by atoms with Gasteiger partial charge in [0.05, 0.1) is 24.5 Å². The normalized spacial score (nSPS) is 37.1. The topological polar surface area (TPSA) is 157 Å². The number of aliphatic carboxylic acids is 1. The number of rotatable bonds is 8. The van der Waals surface area contributed by atoms with Crippen LogP contribution >= 0.6 is 11.8 Å². The van der Waals surface area contributed by atoms with Crippen LogP contribution in [-0.4, -0.2) is 101 Å². The number of hydrogen-bond acceptors (Lipinski definition) is 8. The monoisotopic (exact) mass is 548 g/mol. The van der Waals surface area contributed by atoms with Crippen LogP contribution < -0.4 is 21.7 Å². The second kappa shape index (κ2) is 10.8. The lowest BCUT2D eigenvalue weighted by Crippen LogP contribution is -2.66. The number of nitrogens with two attached hydrogens (primary N) is 1. The summed E-state index contributed by atoms with van der Waals surface area (Å²) in [5, 5.41) is 19.1. The maximum Gasteiger partial charge on any atom is 0.353 e. The van der Waals surface area contributed by atoms with Crippen LogP contribution in [0.25, 0.3) is 0 Å². The third kappa shape index (κ3) is 4.73. The third-order valence-corrected chi connectivity index (χ3v) is 10.7. The molecule has 3 amide bonds. The fraction of sp³-hybridized carbons (Fsp3) is 0.769. The average molecular weight is 549 g/mol. The van der Waals surface area contributed by atoms with E-state index >= 15 is 0 Å². The van der Waals surface area contributed by atoms with E-state index in [1.165, 1.54) is 23.1 Å². The van der Waals surface area contributed by atoms with Crippen molar-refractivity contribution in [2.24, 2.45) is 29.4 Å². The van der Waals surface area contributed by atoms with Gasteiger partial charge < -0.3 is 36.6 Å². The molecular formula is C26H40N6O5S. The number of β-lactam (4-membered cyclic amide) rings is 1. The zero-order chi connectivity index (χ0) is 27.3. The Morgan fingerprint density at radius 2 is 1.92 bits per heavy atom. The maximum atomic E-state index is 13.4. The highest BCUT2D eigenvalue weighted by atomic mass is 32.2. The van der Waals surface area contributed by atoms with Crippen molar-refractivity contribution in [1.29, 1.82) is 0 Å². The van der Waals surface area contributed by atoms with Gasteiger partial charge in [0, 0.05) is 47.8 Å². The van der Waals surface area contributed by atoms with Gasteiger partial charge in [0.2, 0.25) is 17.7 Å². The van der Waals surface area contributed by atoms with Crippen molar-refractivity contribution in [3.63, 3.8) is 0 Å². The molecule has 11 nitrogen and oxygen atoms in total. The molecule has 0 aromatic heterocycles. The molecule has 38 heavy (non-hydrogen) atoms.